The fourth-order valence-corrected chi connectivity index (χ4v) is 2.97. The molecule has 82 valence electrons. The fraction of sp³-hybridized carbons (Fsp3) is 1.00. The number of hydrogen-bond acceptors (Lipinski definition) is 3. The minimum atomic E-state index is -0.122. The van der Waals surface area contributed by atoms with Crippen molar-refractivity contribution in [2.24, 2.45) is 5.41 Å². The van der Waals surface area contributed by atoms with Crippen molar-refractivity contribution in [1.29, 1.82) is 0 Å². The van der Waals surface area contributed by atoms with Crippen molar-refractivity contribution in [1.82, 2.24) is 9.80 Å². The molecule has 1 atom stereocenters. The van der Waals surface area contributed by atoms with Crippen LogP contribution in [0.3, 0.4) is 0 Å². The molecule has 1 spiro atoms. The summed E-state index contributed by atoms with van der Waals surface area (Å²) in [6, 6.07) is 0. The van der Waals surface area contributed by atoms with E-state index in [0.717, 1.165) is 13.0 Å². The Balaban J connectivity index is 1.78. The van der Waals surface area contributed by atoms with Gasteiger partial charge in [-0.3, -0.25) is 0 Å². The second-order valence-corrected chi connectivity index (χ2v) is 5.22. The molecule has 3 nitrogen and oxygen atoms in total. The average molecular weight is 198 g/mol. The minimum Gasteiger partial charge on any atom is -0.392 e. The van der Waals surface area contributed by atoms with Gasteiger partial charge in [0.2, 0.25) is 0 Å². The van der Waals surface area contributed by atoms with Gasteiger partial charge in [-0.25, -0.2) is 0 Å². The summed E-state index contributed by atoms with van der Waals surface area (Å²) in [5, 5.41) is 9.58. The molecule has 0 aromatic carbocycles. The van der Waals surface area contributed by atoms with Gasteiger partial charge in [-0.1, -0.05) is 6.92 Å². The first-order valence-corrected chi connectivity index (χ1v) is 5.72. The highest BCUT2D eigenvalue weighted by Gasteiger charge is 2.45. The van der Waals surface area contributed by atoms with Crippen molar-refractivity contribution in [3.05, 3.63) is 0 Å². The summed E-state index contributed by atoms with van der Waals surface area (Å²) in [5.74, 6) is 0. The molecule has 1 N–H and O–H groups in total. The van der Waals surface area contributed by atoms with E-state index in [0.29, 0.717) is 5.41 Å². The van der Waals surface area contributed by atoms with Crippen molar-refractivity contribution >= 4 is 0 Å². The number of likely N-dealkylation sites (tertiary alicyclic amines) is 2. The van der Waals surface area contributed by atoms with Crippen LogP contribution in [0, 0.1) is 5.41 Å². The number of nitrogens with zero attached hydrogens (tertiary/aromatic N) is 2. The van der Waals surface area contributed by atoms with Gasteiger partial charge in [-0.2, -0.15) is 0 Å². The third kappa shape index (κ3) is 1.95. The molecule has 2 heterocycles. The normalized spacial score (nSPS) is 29.4. The Morgan fingerprint density at radius 2 is 2.07 bits per heavy atom. The molecule has 0 aliphatic carbocycles. The lowest BCUT2D eigenvalue weighted by Crippen LogP contribution is -2.55. The zero-order chi connectivity index (χ0) is 10.2. The molecular formula is C11H22N2O. The number of aliphatic hydroxyl groups is 1. The predicted octanol–water partition coefficient (Wildman–Crippen LogP) is 0.395. The Kier molecular flexibility index (Phi) is 2.82. The van der Waals surface area contributed by atoms with E-state index in [1.165, 1.54) is 32.6 Å². The second kappa shape index (κ2) is 3.80. The quantitative estimate of drug-likeness (QED) is 0.711. The Morgan fingerprint density at radius 3 is 2.64 bits per heavy atom. The summed E-state index contributed by atoms with van der Waals surface area (Å²) in [6.45, 7) is 7.83. The first kappa shape index (κ1) is 10.4. The Bertz CT molecular complexity index is 201. The van der Waals surface area contributed by atoms with Crippen molar-refractivity contribution < 1.29 is 5.11 Å². The summed E-state index contributed by atoms with van der Waals surface area (Å²) in [5.41, 5.74) is 0.586. The van der Waals surface area contributed by atoms with E-state index in [1.807, 2.05) is 6.92 Å². The lowest BCUT2D eigenvalue weighted by molar-refractivity contribution is 0.0253. The SMILES string of the molecule is CCC(O)CN1CCC2(CN(C)C2)C1. The van der Waals surface area contributed by atoms with Crippen LogP contribution in [0.2, 0.25) is 0 Å². The molecule has 14 heavy (non-hydrogen) atoms. The van der Waals surface area contributed by atoms with Crippen molar-refractivity contribution in [2.45, 2.75) is 25.9 Å². The summed E-state index contributed by atoms with van der Waals surface area (Å²) < 4.78 is 0. The predicted molar refractivity (Wildman–Crippen MR) is 57.3 cm³/mol. The molecule has 3 heteroatoms. The first-order chi connectivity index (χ1) is 6.63. The van der Waals surface area contributed by atoms with Crippen LogP contribution in [-0.4, -0.2) is 60.8 Å². The molecule has 0 saturated carbocycles. The molecule has 0 bridgehead atoms. The van der Waals surface area contributed by atoms with Gasteiger partial charge < -0.3 is 14.9 Å². The van der Waals surface area contributed by atoms with E-state index in [2.05, 4.69) is 16.8 Å². The molecule has 0 aromatic heterocycles. The van der Waals surface area contributed by atoms with Gasteiger partial charge in [0.25, 0.3) is 0 Å². The zero-order valence-electron chi connectivity index (χ0n) is 9.37. The van der Waals surface area contributed by atoms with E-state index in [9.17, 15) is 5.11 Å². The standard InChI is InChI=1S/C11H22N2O/c1-3-10(14)6-13-5-4-11(9-13)7-12(2)8-11/h10,14H,3-9H2,1-2H3. The topological polar surface area (TPSA) is 26.7 Å². The van der Waals surface area contributed by atoms with Gasteiger partial charge in [0, 0.05) is 31.6 Å². The van der Waals surface area contributed by atoms with E-state index < -0.39 is 0 Å². The van der Waals surface area contributed by atoms with E-state index in [1.54, 1.807) is 0 Å². The van der Waals surface area contributed by atoms with Crippen LogP contribution in [0.15, 0.2) is 0 Å². The van der Waals surface area contributed by atoms with Crippen LogP contribution in [0.4, 0.5) is 0 Å². The van der Waals surface area contributed by atoms with E-state index >= 15 is 0 Å². The van der Waals surface area contributed by atoms with Crippen LogP contribution in [0.1, 0.15) is 19.8 Å². The van der Waals surface area contributed by atoms with Crippen LogP contribution in [0.25, 0.3) is 0 Å². The fourth-order valence-electron chi connectivity index (χ4n) is 2.97. The van der Waals surface area contributed by atoms with Gasteiger partial charge in [-0.15, -0.1) is 0 Å². The number of hydrogen-bond donors (Lipinski definition) is 1. The van der Waals surface area contributed by atoms with Gasteiger partial charge in [0.1, 0.15) is 0 Å². The minimum absolute atomic E-state index is 0.122. The Labute approximate surface area is 86.7 Å². The maximum absolute atomic E-state index is 9.58. The Morgan fingerprint density at radius 1 is 1.36 bits per heavy atom. The lowest BCUT2D eigenvalue weighted by atomic mass is 9.79. The molecule has 2 aliphatic heterocycles. The molecular weight excluding hydrogens is 176 g/mol. The molecule has 0 radical (unpaired) electrons. The zero-order valence-corrected chi connectivity index (χ0v) is 9.37. The largest absolute Gasteiger partial charge is 0.392 e. The monoisotopic (exact) mass is 198 g/mol. The molecule has 1 unspecified atom stereocenters. The highest BCUT2D eigenvalue weighted by atomic mass is 16.3. The number of β-amino-alcohol motifs (C(OH)–C–C–N with tert-alkyl or cyclic N) is 1. The number of rotatable bonds is 3. The van der Waals surface area contributed by atoms with Crippen molar-refractivity contribution in [3.63, 3.8) is 0 Å². The third-order valence-electron chi connectivity index (χ3n) is 3.67. The van der Waals surface area contributed by atoms with Gasteiger partial charge in [0.15, 0.2) is 0 Å². The average Bonchev–Trinajstić information content (AvgIpc) is 2.48. The van der Waals surface area contributed by atoms with Crippen molar-refractivity contribution in [2.75, 3.05) is 39.8 Å². The Hall–Kier alpha value is -0.120. The summed E-state index contributed by atoms with van der Waals surface area (Å²) >= 11 is 0. The summed E-state index contributed by atoms with van der Waals surface area (Å²) in [7, 11) is 2.19. The summed E-state index contributed by atoms with van der Waals surface area (Å²) in [6.07, 6.45) is 2.08. The lowest BCUT2D eigenvalue weighted by Gasteiger charge is -2.46. The maximum atomic E-state index is 9.58. The van der Waals surface area contributed by atoms with Crippen LogP contribution in [0.5, 0.6) is 0 Å². The first-order valence-electron chi connectivity index (χ1n) is 5.72. The van der Waals surface area contributed by atoms with Gasteiger partial charge in [-0.05, 0) is 26.4 Å². The maximum Gasteiger partial charge on any atom is 0.0664 e. The van der Waals surface area contributed by atoms with Crippen molar-refractivity contribution in [3.8, 4) is 0 Å². The van der Waals surface area contributed by atoms with E-state index in [-0.39, 0.29) is 6.10 Å². The molecule has 2 saturated heterocycles. The molecule has 0 amide bonds. The molecule has 2 aliphatic rings. The van der Waals surface area contributed by atoms with Gasteiger partial charge >= 0.3 is 0 Å². The highest BCUT2D eigenvalue weighted by molar-refractivity contribution is 5.00. The van der Waals surface area contributed by atoms with Gasteiger partial charge in [0.05, 0.1) is 6.10 Å². The smallest absolute Gasteiger partial charge is 0.0664 e. The van der Waals surface area contributed by atoms with Crippen LogP contribution >= 0.6 is 0 Å². The van der Waals surface area contributed by atoms with Crippen LogP contribution in [-0.2, 0) is 0 Å². The number of aliphatic hydroxyl groups excluding tert-OH is 1. The summed E-state index contributed by atoms with van der Waals surface area (Å²) in [4.78, 5) is 4.82. The molecule has 0 aromatic rings. The van der Waals surface area contributed by atoms with Crippen LogP contribution < -0.4 is 0 Å². The molecule has 2 rings (SSSR count). The highest BCUT2D eigenvalue weighted by Crippen LogP contribution is 2.38. The van der Waals surface area contributed by atoms with E-state index in [4.69, 9.17) is 0 Å². The molecule has 2 fully saturated rings. The second-order valence-electron chi connectivity index (χ2n) is 5.22. The third-order valence-corrected chi connectivity index (χ3v) is 3.67.